The number of nitrogens with zero attached hydrogens (tertiary/aromatic N) is 3. The zero-order valence-electron chi connectivity index (χ0n) is 16.4. The van der Waals surface area contributed by atoms with Crippen LogP contribution in [-0.2, 0) is 19.8 Å². The predicted octanol–water partition coefficient (Wildman–Crippen LogP) is 2.88. The Balaban J connectivity index is 2.12. The molecule has 0 spiro atoms. The quantitative estimate of drug-likeness (QED) is 0.577. The van der Waals surface area contributed by atoms with Gasteiger partial charge in [-0.3, -0.25) is 9.67 Å². The van der Waals surface area contributed by atoms with Crippen LogP contribution in [0.4, 0.5) is 13.2 Å². The number of methoxy groups -OCH3 is 2. The summed E-state index contributed by atoms with van der Waals surface area (Å²) in [4.78, 5) is 4.08. The van der Waals surface area contributed by atoms with E-state index in [0.29, 0.717) is 17.5 Å². The van der Waals surface area contributed by atoms with Gasteiger partial charge in [-0.25, -0.2) is 0 Å². The smallest absolute Gasteiger partial charge is 0.435 e. The first kappa shape index (κ1) is 21.4. The van der Waals surface area contributed by atoms with E-state index >= 15 is 0 Å². The minimum Gasteiger partial charge on any atom is -0.497 e. The fraction of sp³-hybridized carbons (Fsp3) is 0.444. The summed E-state index contributed by atoms with van der Waals surface area (Å²) in [5, 5.41) is 9.53. The summed E-state index contributed by atoms with van der Waals surface area (Å²) in [6.07, 6.45) is -3.19. The molecule has 0 radical (unpaired) electrons. The molecule has 1 aromatic heterocycles. The number of aliphatic imine (C=N–C) groups is 1. The van der Waals surface area contributed by atoms with Gasteiger partial charge in [-0.1, -0.05) is 0 Å². The average molecular weight is 399 g/mol. The van der Waals surface area contributed by atoms with Gasteiger partial charge in [0.15, 0.2) is 11.7 Å². The highest BCUT2D eigenvalue weighted by atomic mass is 19.4. The molecule has 0 saturated heterocycles. The average Bonchev–Trinajstić information content (AvgIpc) is 3.05. The summed E-state index contributed by atoms with van der Waals surface area (Å²) >= 11 is 0. The third-order valence-electron chi connectivity index (χ3n) is 4.10. The van der Waals surface area contributed by atoms with Gasteiger partial charge in [-0.2, -0.15) is 18.3 Å². The van der Waals surface area contributed by atoms with Crippen molar-refractivity contribution in [2.24, 2.45) is 12.0 Å². The van der Waals surface area contributed by atoms with Crippen LogP contribution in [0.2, 0.25) is 0 Å². The maximum absolute atomic E-state index is 13.1. The van der Waals surface area contributed by atoms with E-state index in [-0.39, 0.29) is 18.2 Å². The second-order valence-electron chi connectivity index (χ2n) is 6.07. The molecule has 1 aromatic carbocycles. The molecule has 2 N–H and O–H groups in total. The molecule has 0 bridgehead atoms. The molecule has 0 amide bonds. The zero-order chi connectivity index (χ0) is 20.9. The van der Waals surface area contributed by atoms with Gasteiger partial charge in [0, 0.05) is 38.0 Å². The molecule has 0 fully saturated rings. The van der Waals surface area contributed by atoms with E-state index < -0.39 is 11.9 Å². The summed E-state index contributed by atoms with van der Waals surface area (Å²) in [6, 6.07) is 5.15. The summed E-state index contributed by atoms with van der Waals surface area (Å²) in [5.41, 5.74) is -0.0628. The second-order valence-corrected chi connectivity index (χ2v) is 6.07. The molecule has 2 rings (SSSR count). The number of aryl methyl sites for hydroxylation is 1. The second kappa shape index (κ2) is 8.85. The van der Waals surface area contributed by atoms with Crippen LogP contribution < -0.4 is 20.1 Å². The van der Waals surface area contributed by atoms with E-state index in [4.69, 9.17) is 9.47 Å². The monoisotopic (exact) mass is 399 g/mol. The van der Waals surface area contributed by atoms with Crippen LogP contribution >= 0.6 is 0 Å². The van der Waals surface area contributed by atoms with Crippen LogP contribution in [0, 0.1) is 0 Å². The highest BCUT2D eigenvalue weighted by molar-refractivity contribution is 5.80. The largest absolute Gasteiger partial charge is 0.497 e. The number of halogens is 3. The van der Waals surface area contributed by atoms with Crippen molar-refractivity contribution >= 4 is 5.96 Å². The standard InChI is InChI=1S/C18H24F3N5O2/c1-11(14-8-13(27-4)6-7-15(14)28-5)24-17(22-2)23-9-12-10-26(3)25-16(12)18(19,20)21/h6-8,10-11H,9H2,1-5H3,(H2,22,23,24). The van der Waals surface area contributed by atoms with E-state index in [9.17, 15) is 13.2 Å². The van der Waals surface area contributed by atoms with Gasteiger partial charge in [0.05, 0.1) is 20.3 Å². The van der Waals surface area contributed by atoms with E-state index in [1.165, 1.54) is 13.2 Å². The lowest BCUT2D eigenvalue weighted by atomic mass is 10.1. The maximum atomic E-state index is 13.1. The maximum Gasteiger partial charge on any atom is 0.435 e. The van der Waals surface area contributed by atoms with Gasteiger partial charge in [0.25, 0.3) is 0 Å². The Morgan fingerprint density at radius 3 is 2.57 bits per heavy atom. The van der Waals surface area contributed by atoms with Crippen molar-refractivity contribution in [3.8, 4) is 11.5 Å². The van der Waals surface area contributed by atoms with Crippen LogP contribution in [0.1, 0.15) is 29.8 Å². The molecule has 1 atom stereocenters. The molecule has 2 aromatic rings. The Morgan fingerprint density at radius 1 is 1.29 bits per heavy atom. The van der Waals surface area contributed by atoms with Gasteiger partial charge in [-0.05, 0) is 25.1 Å². The zero-order valence-corrected chi connectivity index (χ0v) is 16.4. The third kappa shape index (κ3) is 5.08. The van der Waals surface area contributed by atoms with Gasteiger partial charge in [0.1, 0.15) is 11.5 Å². The normalized spacial score (nSPS) is 13.2. The number of ether oxygens (including phenoxy) is 2. The van der Waals surface area contributed by atoms with Gasteiger partial charge >= 0.3 is 6.18 Å². The van der Waals surface area contributed by atoms with E-state index in [1.807, 2.05) is 13.0 Å². The molecule has 154 valence electrons. The minimum atomic E-state index is -4.52. The summed E-state index contributed by atoms with van der Waals surface area (Å²) in [6.45, 7) is 1.81. The van der Waals surface area contributed by atoms with E-state index in [1.54, 1.807) is 33.4 Å². The number of rotatable bonds is 6. The molecule has 0 aliphatic carbocycles. The SMILES string of the molecule is CN=C(NCc1cn(C)nc1C(F)(F)F)NC(C)c1cc(OC)ccc1OC. The molecular weight excluding hydrogens is 375 g/mol. The van der Waals surface area contributed by atoms with Crippen LogP contribution in [0.5, 0.6) is 11.5 Å². The summed E-state index contributed by atoms with van der Waals surface area (Å²) < 4.78 is 51.0. The lowest BCUT2D eigenvalue weighted by molar-refractivity contribution is -0.142. The molecule has 0 aliphatic rings. The molecule has 0 saturated carbocycles. The Labute approximate surface area is 161 Å². The first-order valence-electron chi connectivity index (χ1n) is 8.48. The molecule has 7 nitrogen and oxygen atoms in total. The summed E-state index contributed by atoms with van der Waals surface area (Å²) in [5.74, 6) is 1.66. The lowest BCUT2D eigenvalue weighted by Gasteiger charge is -2.21. The number of aromatic nitrogens is 2. The highest BCUT2D eigenvalue weighted by Crippen LogP contribution is 2.31. The Bertz CT molecular complexity index is 833. The van der Waals surface area contributed by atoms with Crippen LogP contribution in [0.25, 0.3) is 0 Å². The lowest BCUT2D eigenvalue weighted by Crippen LogP contribution is -2.38. The van der Waals surface area contributed by atoms with Crippen LogP contribution in [-0.4, -0.2) is 37.0 Å². The number of hydrogen-bond acceptors (Lipinski definition) is 4. The van der Waals surface area contributed by atoms with Crippen molar-refractivity contribution < 1.29 is 22.6 Å². The topological polar surface area (TPSA) is 72.7 Å². The number of alkyl halides is 3. The van der Waals surface area contributed by atoms with Crippen molar-refractivity contribution in [1.29, 1.82) is 0 Å². The minimum absolute atomic E-state index is 0.0320. The van der Waals surface area contributed by atoms with Crippen molar-refractivity contribution in [3.05, 3.63) is 41.2 Å². The van der Waals surface area contributed by atoms with Crippen LogP contribution in [0.15, 0.2) is 29.4 Å². The Kier molecular flexibility index (Phi) is 6.76. The first-order chi connectivity index (χ1) is 13.2. The van der Waals surface area contributed by atoms with Crippen molar-refractivity contribution in [3.63, 3.8) is 0 Å². The fourth-order valence-corrected chi connectivity index (χ4v) is 2.74. The van der Waals surface area contributed by atoms with E-state index in [2.05, 4.69) is 20.7 Å². The Hall–Kier alpha value is -2.91. The predicted molar refractivity (Wildman–Crippen MR) is 99.5 cm³/mol. The van der Waals surface area contributed by atoms with Crippen molar-refractivity contribution in [1.82, 2.24) is 20.4 Å². The van der Waals surface area contributed by atoms with Crippen molar-refractivity contribution in [2.45, 2.75) is 25.7 Å². The number of nitrogens with one attached hydrogen (secondary N) is 2. The Morgan fingerprint density at radius 2 is 2.00 bits per heavy atom. The molecule has 1 unspecified atom stereocenters. The molecule has 28 heavy (non-hydrogen) atoms. The molecule has 0 aliphatic heterocycles. The molecule has 10 heteroatoms. The first-order valence-corrected chi connectivity index (χ1v) is 8.48. The number of hydrogen-bond donors (Lipinski definition) is 2. The summed E-state index contributed by atoms with van der Waals surface area (Å²) in [7, 11) is 6.12. The fourth-order valence-electron chi connectivity index (χ4n) is 2.74. The van der Waals surface area contributed by atoms with Crippen LogP contribution in [0.3, 0.4) is 0 Å². The third-order valence-corrected chi connectivity index (χ3v) is 4.10. The number of guanidine groups is 1. The van der Waals surface area contributed by atoms with Crippen molar-refractivity contribution in [2.75, 3.05) is 21.3 Å². The highest BCUT2D eigenvalue weighted by Gasteiger charge is 2.36. The van der Waals surface area contributed by atoms with Gasteiger partial charge < -0.3 is 20.1 Å². The van der Waals surface area contributed by atoms with E-state index in [0.717, 1.165) is 10.2 Å². The number of benzene rings is 1. The van der Waals surface area contributed by atoms with Gasteiger partial charge in [0.2, 0.25) is 0 Å². The van der Waals surface area contributed by atoms with Gasteiger partial charge in [-0.15, -0.1) is 0 Å². The molecular formula is C18H24F3N5O2. The molecule has 1 heterocycles.